The fourth-order valence-corrected chi connectivity index (χ4v) is 2.52. The van der Waals surface area contributed by atoms with E-state index < -0.39 is 5.97 Å². The number of amides is 1. The maximum absolute atomic E-state index is 11.7. The first-order valence-corrected chi connectivity index (χ1v) is 7.30. The van der Waals surface area contributed by atoms with Crippen molar-refractivity contribution < 1.29 is 19.4 Å². The van der Waals surface area contributed by atoms with Gasteiger partial charge in [0.1, 0.15) is 6.61 Å². The Labute approximate surface area is 124 Å². The van der Waals surface area contributed by atoms with Gasteiger partial charge in [0.05, 0.1) is 12.0 Å². The number of rotatable bonds is 6. The highest BCUT2D eigenvalue weighted by atomic mass is 16.5. The van der Waals surface area contributed by atoms with Crippen LogP contribution in [0.1, 0.15) is 31.2 Å². The molecule has 1 aliphatic rings. The smallest absolute Gasteiger partial charge is 0.306 e. The lowest BCUT2D eigenvalue weighted by Crippen LogP contribution is -2.32. The molecule has 2 N–H and O–H groups in total. The zero-order chi connectivity index (χ0) is 15.1. The molecular weight excluding hydrogens is 270 g/mol. The molecule has 0 atom stereocenters. The van der Waals surface area contributed by atoms with Crippen LogP contribution in [0.15, 0.2) is 30.3 Å². The molecule has 21 heavy (non-hydrogen) atoms. The van der Waals surface area contributed by atoms with Gasteiger partial charge in [0, 0.05) is 6.54 Å². The molecule has 5 heteroatoms. The van der Waals surface area contributed by atoms with Crippen molar-refractivity contribution in [1.82, 2.24) is 5.32 Å². The number of carboxylic acids is 1. The second kappa shape index (κ2) is 7.78. The second-order valence-corrected chi connectivity index (χ2v) is 5.39. The summed E-state index contributed by atoms with van der Waals surface area (Å²) in [7, 11) is 0. The van der Waals surface area contributed by atoms with Gasteiger partial charge in [-0.05, 0) is 31.2 Å². The third-order valence-electron chi connectivity index (χ3n) is 3.81. The summed E-state index contributed by atoms with van der Waals surface area (Å²) in [6.07, 6.45) is 2.69. The van der Waals surface area contributed by atoms with Gasteiger partial charge in [-0.1, -0.05) is 30.3 Å². The van der Waals surface area contributed by atoms with Crippen molar-refractivity contribution in [2.75, 3.05) is 6.61 Å². The average Bonchev–Trinajstić information content (AvgIpc) is 2.52. The molecule has 0 radical (unpaired) electrons. The summed E-state index contributed by atoms with van der Waals surface area (Å²) in [5.74, 6) is -1.12. The van der Waals surface area contributed by atoms with E-state index >= 15 is 0 Å². The van der Waals surface area contributed by atoms with Crippen LogP contribution in [0.2, 0.25) is 0 Å². The van der Waals surface area contributed by atoms with Crippen LogP contribution in [0.5, 0.6) is 0 Å². The quantitative estimate of drug-likeness (QED) is 0.840. The molecule has 0 saturated heterocycles. The third kappa shape index (κ3) is 5.19. The lowest BCUT2D eigenvalue weighted by molar-refractivity contribution is -0.144. The minimum atomic E-state index is -0.728. The molecule has 1 aromatic carbocycles. The van der Waals surface area contributed by atoms with E-state index in [0.717, 1.165) is 5.56 Å². The van der Waals surface area contributed by atoms with Crippen LogP contribution in [0.25, 0.3) is 0 Å². The standard InChI is InChI=1S/C16H21NO4/c18-15(17-10-12-4-2-1-3-5-12)11-21-14-8-6-13(7-9-14)16(19)20/h1-5,13-14H,6-11H2,(H,17,18)(H,19,20). The highest BCUT2D eigenvalue weighted by molar-refractivity contribution is 5.77. The Kier molecular flexibility index (Phi) is 5.75. The molecule has 1 saturated carbocycles. The van der Waals surface area contributed by atoms with Crippen molar-refractivity contribution in [2.45, 2.75) is 38.3 Å². The molecule has 0 heterocycles. The maximum atomic E-state index is 11.7. The molecule has 5 nitrogen and oxygen atoms in total. The van der Waals surface area contributed by atoms with Gasteiger partial charge in [0.25, 0.3) is 0 Å². The Morgan fingerprint density at radius 3 is 2.43 bits per heavy atom. The van der Waals surface area contributed by atoms with Gasteiger partial charge in [-0.2, -0.15) is 0 Å². The number of aliphatic carboxylic acids is 1. The average molecular weight is 291 g/mol. The van der Waals surface area contributed by atoms with E-state index in [1.807, 2.05) is 30.3 Å². The van der Waals surface area contributed by atoms with Crippen molar-refractivity contribution >= 4 is 11.9 Å². The van der Waals surface area contributed by atoms with E-state index in [4.69, 9.17) is 9.84 Å². The molecular formula is C16H21NO4. The van der Waals surface area contributed by atoms with Crippen LogP contribution in [-0.2, 0) is 20.9 Å². The predicted molar refractivity (Wildman–Crippen MR) is 77.6 cm³/mol. The van der Waals surface area contributed by atoms with Crippen LogP contribution in [0, 0.1) is 5.92 Å². The molecule has 0 unspecified atom stereocenters. The summed E-state index contributed by atoms with van der Waals surface area (Å²) in [5, 5.41) is 11.7. The van der Waals surface area contributed by atoms with Gasteiger partial charge in [-0.15, -0.1) is 0 Å². The first kappa shape index (κ1) is 15.5. The van der Waals surface area contributed by atoms with Crippen LogP contribution < -0.4 is 5.32 Å². The minimum Gasteiger partial charge on any atom is -0.481 e. The van der Waals surface area contributed by atoms with Crippen LogP contribution in [0.3, 0.4) is 0 Å². The van der Waals surface area contributed by atoms with Crippen molar-refractivity contribution in [3.8, 4) is 0 Å². The highest BCUT2D eigenvalue weighted by Crippen LogP contribution is 2.26. The zero-order valence-corrected chi connectivity index (χ0v) is 12.0. The monoisotopic (exact) mass is 291 g/mol. The Hall–Kier alpha value is -1.88. The fourth-order valence-electron chi connectivity index (χ4n) is 2.52. The summed E-state index contributed by atoms with van der Waals surface area (Å²) in [6, 6.07) is 9.70. The molecule has 0 aromatic heterocycles. The minimum absolute atomic E-state index is 0.00285. The number of hydrogen-bond donors (Lipinski definition) is 2. The number of nitrogens with one attached hydrogen (secondary N) is 1. The summed E-state index contributed by atoms with van der Waals surface area (Å²) in [6.45, 7) is 0.532. The largest absolute Gasteiger partial charge is 0.481 e. The number of hydrogen-bond acceptors (Lipinski definition) is 3. The van der Waals surface area contributed by atoms with Gasteiger partial charge < -0.3 is 15.2 Å². The molecule has 1 aromatic rings. The van der Waals surface area contributed by atoms with Crippen LogP contribution in [-0.4, -0.2) is 29.7 Å². The van der Waals surface area contributed by atoms with Crippen LogP contribution >= 0.6 is 0 Å². The van der Waals surface area contributed by atoms with Crippen molar-refractivity contribution in [2.24, 2.45) is 5.92 Å². The summed E-state index contributed by atoms with van der Waals surface area (Å²) < 4.78 is 5.56. The second-order valence-electron chi connectivity index (χ2n) is 5.39. The van der Waals surface area contributed by atoms with Gasteiger partial charge in [0.15, 0.2) is 0 Å². The third-order valence-corrected chi connectivity index (χ3v) is 3.81. The molecule has 114 valence electrons. The van der Waals surface area contributed by atoms with E-state index in [1.165, 1.54) is 0 Å². The fraction of sp³-hybridized carbons (Fsp3) is 0.500. The summed E-state index contributed by atoms with van der Waals surface area (Å²) >= 11 is 0. The van der Waals surface area contributed by atoms with E-state index in [-0.39, 0.29) is 24.5 Å². The number of benzene rings is 1. The number of carbonyl (C=O) groups is 2. The highest BCUT2D eigenvalue weighted by Gasteiger charge is 2.26. The molecule has 0 bridgehead atoms. The van der Waals surface area contributed by atoms with E-state index in [2.05, 4.69) is 5.32 Å². The predicted octanol–water partition coefficient (Wildman–Crippen LogP) is 1.96. The first-order chi connectivity index (χ1) is 10.1. The SMILES string of the molecule is O=C(COC1CCC(C(=O)O)CC1)NCc1ccccc1. The lowest BCUT2D eigenvalue weighted by Gasteiger charge is -2.25. The Morgan fingerprint density at radius 2 is 1.81 bits per heavy atom. The Morgan fingerprint density at radius 1 is 1.14 bits per heavy atom. The summed E-state index contributed by atoms with van der Waals surface area (Å²) in [4.78, 5) is 22.5. The molecule has 1 fully saturated rings. The van der Waals surface area contributed by atoms with Crippen molar-refractivity contribution in [3.05, 3.63) is 35.9 Å². The van der Waals surface area contributed by atoms with Crippen molar-refractivity contribution in [1.29, 1.82) is 0 Å². The number of ether oxygens (including phenoxy) is 1. The van der Waals surface area contributed by atoms with E-state index in [9.17, 15) is 9.59 Å². The Balaban J connectivity index is 1.62. The topological polar surface area (TPSA) is 75.6 Å². The van der Waals surface area contributed by atoms with Gasteiger partial charge in [0.2, 0.25) is 5.91 Å². The summed E-state index contributed by atoms with van der Waals surface area (Å²) in [5.41, 5.74) is 1.05. The molecule has 1 aliphatic carbocycles. The number of carbonyl (C=O) groups excluding carboxylic acids is 1. The van der Waals surface area contributed by atoms with Crippen LogP contribution in [0.4, 0.5) is 0 Å². The Bertz CT molecular complexity index is 466. The molecule has 2 rings (SSSR count). The number of carboxylic acid groups (broad SMARTS) is 1. The van der Waals surface area contributed by atoms with Crippen molar-refractivity contribution in [3.63, 3.8) is 0 Å². The van der Waals surface area contributed by atoms with Gasteiger partial charge >= 0.3 is 5.97 Å². The zero-order valence-electron chi connectivity index (χ0n) is 12.0. The molecule has 0 spiro atoms. The van der Waals surface area contributed by atoms with E-state index in [1.54, 1.807) is 0 Å². The molecule has 0 aliphatic heterocycles. The lowest BCUT2D eigenvalue weighted by atomic mass is 9.87. The maximum Gasteiger partial charge on any atom is 0.306 e. The normalized spacial score (nSPS) is 21.7. The molecule has 1 amide bonds. The van der Waals surface area contributed by atoms with Gasteiger partial charge in [-0.3, -0.25) is 9.59 Å². The first-order valence-electron chi connectivity index (χ1n) is 7.30. The van der Waals surface area contributed by atoms with Gasteiger partial charge in [-0.25, -0.2) is 0 Å². The van der Waals surface area contributed by atoms with E-state index in [0.29, 0.717) is 32.2 Å².